The van der Waals surface area contributed by atoms with Crippen molar-refractivity contribution in [1.82, 2.24) is 0 Å². The van der Waals surface area contributed by atoms with E-state index >= 15 is 0 Å². The Hall–Kier alpha value is -2.39. The van der Waals surface area contributed by atoms with Gasteiger partial charge in [0.25, 0.3) is 0 Å². The number of ketones is 1. The van der Waals surface area contributed by atoms with Crippen molar-refractivity contribution in [2.45, 2.75) is 12.5 Å². The van der Waals surface area contributed by atoms with Gasteiger partial charge in [0, 0.05) is 24.6 Å². The molecule has 2 aliphatic rings. The number of hydrogen-bond acceptors (Lipinski definition) is 6. The van der Waals surface area contributed by atoms with E-state index in [1.807, 2.05) is 0 Å². The molecule has 1 saturated heterocycles. The van der Waals surface area contributed by atoms with Crippen LogP contribution in [-0.2, 0) is 4.79 Å². The normalized spacial score (nSPS) is 26.2. The van der Waals surface area contributed by atoms with E-state index in [1.165, 1.54) is 12.1 Å². The summed E-state index contributed by atoms with van der Waals surface area (Å²) in [5, 5.41) is 18.8. The third kappa shape index (κ3) is 2.89. The number of piperidine rings is 1. The highest BCUT2D eigenvalue weighted by molar-refractivity contribution is 6.25. The van der Waals surface area contributed by atoms with Gasteiger partial charge in [0.15, 0.2) is 17.5 Å². The van der Waals surface area contributed by atoms with Crippen LogP contribution in [0.5, 0.6) is 0 Å². The topological polar surface area (TPSA) is 116 Å². The third-order valence-electron chi connectivity index (χ3n) is 4.66. The summed E-state index contributed by atoms with van der Waals surface area (Å²) in [6, 6.07) is 2.60. The molecule has 3 atom stereocenters. The number of anilines is 1. The van der Waals surface area contributed by atoms with E-state index in [0.717, 1.165) is 0 Å². The lowest BCUT2D eigenvalue weighted by Crippen LogP contribution is -2.46. The van der Waals surface area contributed by atoms with Crippen LogP contribution in [-0.4, -0.2) is 53.7 Å². The fourth-order valence-electron chi connectivity index (χ4n) is 3.23. The molecule has 0 aliphatic carbocycles. The van der Waals surface area contributed by atoms with Gasteiger partial charge in [-0.05, 0) is 25.1 Å². The Balaban J connectivity index is 1.99. The molecule has 0 spiro atoms. The van der Waals surface area contributed by atoms with Crippen molar-refractivity contribution >= 4 is 29.1 Å². The van der Waals surface area contributed by atoms with Crippen molar-refractivity contribution in [2.75, 3.05) is 24.5 Å². The number of halogens is 2. The number of fused-ring (bicyclic) bond motifs is 1. The van der Waals surface area contributed by atoms with Gasteiger partial charge >= 0.3 is 5.97 Å². The highest BCUT2D eigenvalue weighted by atomic mass is 19.1. The van der Waals surface area contributed by atoms with Gasteiger partial charge in [-0.15, -0.1) is 0 Å². The average Bonchev–Trinajstić information content (AvgIpc) is 2.56. The van der Waals surface area contributed by atoms with Crippen LogP contribution in [0, 0.1) is 17.7 Å². The molecule has 1 aromatic carbocycles. The second-order valence-electron chi connectivity index (χ2n) is 6.16. The minimum atomic E-state index is -2.04. The van der Waals surface area contributed by atoms with Gasteiger partial charge in [-0.25, -0.2) is 9.38 Å². The monoisotopic (exact) mass is 353 g/mol. The van der Waals surface area contributed by atoms with E-state index in [4.69, 9.17) is 10.8 Å². The Labute approximate surface area is 141 Å². The Morgan fingerprint density at radius 3 is 2.76 bits per heavy atom. The Kier molecular flexibility index (Phi) is 4.53. The summed E-state index contributed by atoms with van der Waals surface area (Å²) < 4.78 is 28.7. The van der Waals surface area contributed by atoms with E-state index in [9.17, 15) is 23.5 Å². The maximum atomic E-state index is 14.8. The molecule has 0 bridgehead atoms. The first-order chi connectivity index (χ1) is 11.8. The molecule has 3 unspecified atom stereocenters. The Morgan fingerprint density at radius 1 is 1.40 bits per heavy atom. The first kappa shape index (κ1) is 17.4. The second-order valence-corrected chi connectivity index (χ2v) is 6.16. The number of nitrogens with two attached hydrogens (primary N) is 1. The average molecular weight is 353 g/mol. The van der Waals surface area contributed by atoms with Gasteiger partial charge in [0.1, 0.15) is 5.69 Å². The summed E-state index contributed by atoms with van der Waals surface area (Å²) >= 11 is 0. The summed E-state index contributed by atoms with van der Waals surface area (Å²) in [7, 11) is 0. The molecule has 0 radical (unpaired) electrons. The summed E-state index contributed by atoms with van der Waals surface area (Å²) in [5.74, 6) is -7.30. The molecule has 134 valence electrons. The first-order valence-electron chi connectivity index (χ1n) is 7.81. The molecule has 3 rings (SSSR count). The largest absolute Gasteiger partial charge is 0.480 e. The molecule has 9 heteroatoms. The third-order valence-corrected chi connectivity index (χ3v) is 4.66. The molecule has 2 aliphatic heterocycles. The fraction of sp³-hybridized carbons (Fsp3) is 0.438. The van der Waals surface area contributed by atoms with E-state index in [0.29, 0.717) is 19.5 Å². The van der Waals surface area contributed by atoms with Crippen LogP contribution in [0.4, 0.5) is 20.2 Å². The number of hydrogen-bond donors (Lipinski definition) is 3. The number of carbonyl (C=O) groups excluding carboxylic acids is 1. The SMILES string of the molecule is NCC1CN(c2ccc3c(c2F)N=C(F)C(C(=O)O)C3=O)CCC1O. The number of benzene rings is 1. The lowest BCUT2D eigenvalue weighted by atomic mass is 9.92. The molecule has 4 N–H and O–H groups in total. The number of carboxylic acids is 1. The summed E-state index contributed by atoms with van der Waals surface area (Å²) in [5.41, 5.74) is 4.97. The molecule has 0 saturated carbocycles. The second kappa shape index (κ2) is 6.49. The molecule has 0 aromatic heterocycles. The smallest absolute Gasteiger partial charge is 0.323 e. The number of carbonyl (C=O) groups is 2. The lowest BCUT2D eigenvalue weighted by Gasteiger charge is -2.37. The zero-order valence-corrected chi connectivity index (χ0v) is 13.2. The fourth-order valence-corrected chi connectivity index (χ4v) is 3.23. The number of carboxylic acid groups (broad SMARTS) is 1. The molecule has 7 nitrogen and oxygen atoms in total. The van der Waals surface area contributed by atoms with E-state index in [-0.39, 0.29) is 23.7 Å². The maximum absolute atomic E-state index is 14.8. The highest BCUT2D eigenvalue weighted by Gasteiger charge is 2.40. The standard InChI is InChI=1S/C16H17F2N3O4/c17-12-9(21-4-3-10(22)7(5-19)6-21)2-1-8-13(12)20-15(18)11(14(8)23)16(24)25/h1-2,7,10-11,22H,3-6,19H2,(H,24,25). The van der Waals surface area contributed by atoms with Crippen LogP contribution in [0.2, 0.25) is 0 Å². The van der Waals surface area contributed by atoms with Crippen LogP contribution in [0.15, 0.2) is 17.1 Å². The minimum Gasteiger partial charge on any atom is -0.480 e. The molecule has 1 aromatic rings. The number of Topliss-reactive ketones (excluding diaryl/α,β-unsaturated/α-hetero) is 1. The molecule has 25 heavy (non-hydrogen) atoms. The number of nitrogens with zero attached hydrogens (tertiary/aromatic N) is 2. The zero-order chi connectivity index (χ0) is 18.3. The van der Waals surface area contributed by atoms with Gasteiger partial charge in [-0.1, -0.05) is 0 Å². The van der Waals surface area contributed by atoms with Crippen molar-refractivity contribution in [3.63, 3.8) is 0 Å². The summed E-state index contributed by atoms with van der Waals surface area (Å²) in [6.07, 6.45) is -0.175. The summed E-state index contributed by atoms with van der Waals surface area (Å²) in [6.45, 7) is 0.909. The molecular weight excluding hydrogens is 336 g/mol. The number of aliphatic hydroxyl groups is 1. The lowest BCUT2D eigenvalue weighted by molar-refractivity contribution is -0.138. The van der Waals surface area contributed by atoms with Crippen molar-refractivity contribution < 1.29 is 28.6 Å². The van der Waals surface area contributed by atoms with Gasteiger partial charge in [-0.3, -0.25) is 9.59 Å². The predicted molar refractivity (Wildman–Crippen MR) is 85.4 cm³/mol. The highest BCUT2D eigenvalue weighted by Crippen LogP contribution is 2.38. The number of rotatable bonds is 3. The molecule has 2 heterocycles. The van der Waals surface area contributed by atoms with Crippen LogP contribution in [0.25, 0.3) is 0 Å². The molecular formula is C16H17F2N3O4. The maximum Gasteiger partial charge on any atom is 0.323 e. The van der Waals surface area contributed by atoms with Crippen molar-refractivity contribution in [1.29, 1.82) is 0 Å². The Bertz CT molecular complexity index is 768. The summed E-state index contributed by atoms with van der Waals surface area (Å²) in [4.78, 5) is 28.2. The van der Waals surface area contributed by atoms with E-state index in [2.05, 4.69) is 4.99 Å². The number of aliphatic carboxylic acids is 1. The van der Waals surface area contributed by atoms with Crippen LogP contribution >= 0.6 is 0 Å². The van der Waals surface area contributed by atoms with E-state index in [1.54, 1.807) is 4.90 Å². The first-order valence-corrected chi connectivity index (χ1v) is 7.81. The minimum absolute atomic E-state index is 0.113. The van der Waals surface area contributed by atoms with Gasteiger partial charge < -0.3 is 20.8 Å². The Morgan fingerprint density at radius 2 is 2.12 bits per heavy atom. The van der Waals surface area contributed by atoms with Gasteiger partial charge in [0.05, 0.1) is 11.8 Å². The predicted octanol–water partition coefficient (Wildman–Crippen LogP) is 0.868. The van der Waals surface area contributed by atoms with Crippen molar-refractivity contribution in [3.05, 3.63) is 23.5 Å². The van der Waals surface area contributed by atoms with Gasteiger partial charge in [0.2, 0.25) is 5.97 Å². The van der Waals surface area contributed by atoms with E-state index < -0.39 is 41.2 Å². The van der Waals surface area contributed by atoms with Crippen molar-refractivity contribution in [3.8, 4) is 0 Å². The van der Waals surface area contributed by atoms with Crippen molar-refractivity contribution in [2.24, 2.45) is 22.6 Å². The molecule has 0 amide bonds. The van der Waals surface area contributed by atoms with Crippen LogP contribution < -0.4 is 10.6 Å². The van der Waals surface area contributed by atoms with Crippen LogP contribution in [0.3, 0.4) is 0 Å². The van der Waals surface area contributed by atoms with Crippen LogP contribution in [0.1, 0.15) is 16.8 Å². The molecule has 1 fully saturated rings. The number of aliphatic hydroxyl groups excluding tert-OH is 1. The van der Waals surface area contributed by atoms with Gasteiger partial charge in [-0.2, -0.15) is 4.39 Å². The zero-order valence-electron chi connectivity index (χ0n) is 13.2. The number of aliphatic imine (C=N–C) groups is 1. The quantitative estimate of drug-likeness (QED) is 0.694.